The highest BCUT2D eigenvalue weighted by Crippen LogP contribution is 2.29. The molecule has 0 aliphatic carbocycles. The first-order chi connectivity index (χ1) is 18.7. The summed E-state index contributed by atoms with van der Waals surface area (Å²) in [7, 11) is 0. The molecule has 5 rings (SSSR count). The standard InChI is InChI=1S/C34H34N2O2/c37-33-31(23-21-27-13-5-1-6-14-27)35(25-29-17-9-3-10-18-29)34(38)36(26-30-19-11-4-12-20-30)32(33)24-22-28-15-7-2-8-16-28/h1-20,31-32H,21-26H2/t31-,32-/m0/s1. The first-order valence-corrected chi connectivity index (χ1v) is 13.5. The van der Waals surface area contributed by atoms with Crippen LogP contribution < -0.4 is 0 Å². The van der Waals surface area contributed by atoms with E-state index in [0.717, 1.165) is 24.0 Å². The van der Waals surface area contributed by atoms with E-state index in [-0.39, 0.29) is 11.8 Å². The van der Waals surface area contributed by atoms with Crippen LogP contribution in [0.15, 0.2) is 121 Å². The second-order valence-corrected chi connectivity index (χ2v) is 9.99. The molecule has 2 atom stereocenters. The molecule has 38 heavy (non-hydrogen) atoms. The highest BCUT2D eigenvalue weighted by Gasteiger charge is 2.45. The Morgan fingerprint density at radius 3 is 1.11 bits per heavy atom. The summed E-state index contributed by atoms with van der Waals surface area (Å²) < 4.78 is 0. The van der Waals surface area contributed by atoms with Crippen LogP contribution in [0.4, 0.5) is 4.79 Å². The second kappa shape index (κ2) is 12.4. The number of hydrogen-bond donors (Lipinski definition) is 0. The summed E-state index contributed by atoms with van der Waals surface area (Å²) in [5.74, 6) is 0.142. The van der Waals surface area contributed by atoms with Crippen LogP contribution in [-0.4, -0.2) is 33.7 Å². The molecule has 1 aliphatic heterocycles. The zero-order valence-corrected chi connectivity index (χ0v) is 21.7. The smallest absolute Gasteiger partial charge is 0.310 e. The molecule has 2 amide bonds. The van der Waals surface area contributed by atoms with Gasteiger partial charge in [-0.05, 0) is 47.9 Å². The first kappa shape index (κ1) is 25.5. The van der Waals surface area contributed by atoms with E-state index in [4.69, 9.17) is 0 Å². The summed E-state index contributed by atoms with van der Waals surface area (Å²) in [5, 5.41) is 0. The zero-order valence-electron chi connectivity index (χ0n) is 21.7. The SMILES string of the molecule is O=C1[C@H](CCc2ccccc2)N(Cc2ccccc2)C(=O)N(Cc2ccccc2)[C@H]1CCc1ccccc1. The Bertz CT molecular complexity index is 1210. The van der Waals surface area contributed by atoms with Gasteiger partial charge >= 0.3 is 6.03 Å². The summed E-state index contributed by atoms with van der Waals surface area (Å²) in [6, 6.07) is 39.4. The van der Waals surface area contributed by atoms with Gasteiger partial charge in [-0.3, -0.25) is 4.79 Å². The lowest BCUT2D eigenvalue weighted by molar-refractivity contribution is -0.132. The molecule has 0 spiro atoms. The molecular formula is C34H34N2O2. The molecule has 1 heterocycles. The summed E-state index contributed by atoms with van der Waals surface area (Å²) in [5.41, 5.74) is 4.42. The minimum atomic E-state index is -0.462. The average molecular weight is 503 g/mol. The van der Waals surface area contributed by atoms with Gasteiger partial charge in [0, 0.05) is 13.1 Å². The normalized spacial score (nSPS) is 17.6. The third kappa shape index (κ3) is 6.20. The van der Waals surface area contributed by atoms with Crippen LogP contribution in [0.5, 0.6) is 0 Å². The molecule has 0 unspecified atom stereocenters. The molecule has 0 saturated carbocycles. The van der Waals surface area contributed by atoms with Gasteiger partial charge in [0.05, 0.1) is 12.1 Å². The lowest BCUT2D eigenvalue weighted by Crippen LogP contribution is -2.63. The number of hydrogen-bond acceptors (Lipinski definition) is 2. The van der Waals surface area contributed by atoms with Crippen molar-refractivity contribution in [1.82, 2.24) is 9.80 Å². The van der Waals surface area contributed by atoms with Crippen LogP contribution in [0.1, 0.15) is 35.1 Å². The van der Waals surface area contributed by atoms with Gasteiger partial charge in [-0.15, -0.1) is 0 Å². The van der Waals surface area contributed by atoms with Crippen molar-refractivity contribution >= 4 is 11.8 Å². The number of benzene rings is 4. The second-order valence-electron chi connectivity index (χ2n) is 9.99. The largest absolute Gasteiger partial charge is 0.321 e. The fraction of sp³-hybridized carbons (Fsp3) is 0.235. The maximum Gasteiger partial charge on any atom is 0.321 e. The van der Waals surface area contributed by atoms with Gasteiger partial charge in [0.1, 0.15) is 0 Å². The molecule has 192 valence electrons. The predicted octanol–water partition coefficient (Wildman–Crippen LogP) is 6.70. The third-order valence-corrected chi connectivity index (χ3v) is 7.39. The number of carbonyl (C=O) groups excluding carboxylic acids is 2. The molecule has 0 bridgehead atoms. The van der Waals surface area contributed by atoms with Gasteiger partial charge in [-0.25, -0.2) is 4.79 Å². The summed E-state index contributed by atoms with van der Waals surface area (Å²) in [6.45, 7) is 0.836. The molecule has 4 aromatic carbocycles. The number of amides is 2. The molecule has 1 fully saturated rings. The van der Waals surface area contributed by atoms with Crippen LogP contribution in [0.3, 0.4) is 0 Å². The highest BCUT2D eigenvalue weighted by atomic mass is 16.2. The van der Waals surface area contributed by atoms with Gasteiger partial charge in [0.15, 0.2) is 5.78 Å². The van der Waals surface area contributed by atoms with Crippen LogP contribution in [0.25, 0.3) is 0 Å². The highest BCUT2D eigenvalue weighted by molar-refractivity contribution is 5.98. The van der Waals surface area contributed by atoms with E-state index in [1.54, 1.807) is 0 Å². The van der Waals surface area contributed by atoms with Crippen molar-refractivity contribution in [3.05, 3.63) is 144 Å². The Morgan fingerprint density at radius 1 is 0.447 bits per heavy atom. The summed E-state index contributed by atoms with van der Waals surface area (Å²) in [4.78, 5) is 32.1. The molecule has 0 radical (unpaired) electrons. The molecule has 4 aromatic rings. The van der Waals surface area contributed by atoms with Crippen LogP contribution in [-0.2, 0) is 30.7 Å². The van der Waals surface area contributed by atoms with E-state index >= 15 is 0 Å². The number of aryl methyl sites for hydroxylation is 2. The number of rotatable bonds is 10. The summed E-state index contributed by atoms with van der Waals surface area (Å²) in [6.07, 6.45) is 2.73. The Balaban J connectivity index is 1.46. The van der Waals surface area contributed by atoms with Crippen molar-refractivity contribution in [2.45, 2.75) is 50.9 Å². The van der Waals surface area contributed by atoms with Gasteiger partial charge < -0.3 is 9.80 Å². The number of carbonyl (C=O) groups is 2. The molecule has 4 nitrogen and oxygen atoms in total. The first-order valence-electron chi connectivity index (χ1n) is 13.5. The van der Waals surface area contributed by atoms with Crippen LogP contribution in [0.2, 0.25) is 0 Å². The predicted molar refractivity (Wildman–Crippen MR) is 151 cm³/mol. The minimum absolute atomic E-state index is 0.0616. The van der Waals surface area contributed by atoms with Crippen molar-refractivity contribution in [1.29, 1.82) is 0 Å². The van der Waals surface area contributed by atoms with Crippen LogP contribution >= 0.6 is 0 Å². The van der Waals surface area contributed by atoms with E-state index in [1.165, 1.54) is 11.1 Å². The Kier molecular flexibility index (Phi) is 8.29. The Hall–Kier alpha value is -4.18. The topological polar surface area (TPSA) is 40.6 Å². The number of nitrogens with zero attached hydrogens (tertiary/aromatic N) is 2. The fourth-order valence-corrected chi connectivity index (χ4v) is 5.37. The number of ketones is 1. The summed E-state index contributed by atoms with van der Waals surface area (Å²) >= 11 is 0. The average Bonchev–Trinajstić information content (AvgIpc) is 2.97. The van der Waals surface area contributed by atoms with Crippen molar-refractivity contribution < 1.29 is 9.59 Å². The van der Waals surface area contributed by atoms with Gasteiger partial charge in [0.25, 0.3) is 0 Å². The maximum absolute atomic E-state index is 14.3. The fourth-order valence-electron chi connectivity index (χ4n) is 5.37. The van der Waals surface area contributed by atoms with Gasteiger partial charge in [0.2, 0.25) is 0 Å². The van der Waals surface area contributed by atoms with Crippen LogP contribution in [0, 0.1) is 0 Å². The maximum atomic E-state index is 14.3. The van der Waals surface area contributed by atoms with Crippen molar-refractivity contribution in [2.75, 3.05) is 0 Å². The molecule has 1 saturated heterocycles. The molecular weight excluding hydrogens is 468 g/mol. The molecule has 0 aromatic heterocycles. The monoisotopic (exact) mass is 502 g/mol. The molecule has 0 N–H and O–H groups in total. The zero-order chi connectivity index (χ0) is 26.2. The van der Waals surface area contributed by atoms with Crippen molar-refractivity contribution in [3.63, 3.8) is 0 Å². The minimum Gasteiger partial charge on any atom is -0.310 e. The molecule has 4 heteroatoms. The van der Waals surface area contributed by atoms with E-state index < -0.39 is 12.1 Å². The van der Waals surface area contributed by atoms with Crippen molar-refractivity contribution in [3.8, 4) is 0 Å². The lowest BCUT2D eigenvalue weighted by Gasteiger charge is -2.45. The Morgan fingerprint density at radius 2 is 0.763 bits per heavy atom. The number of Topliss-reactive ketones (excluding diaryl/α,β-unsaturated/α-hetero) is 1. The van der Waals surface area contributed by atoms with E-state index in [2.05, 4.69) is 24.3 Å². The van der Waals surface area contributed by atoms with E-state index in [1.807, 2.05) is 107 Å². The van der Waals surface area contributed by atoms with E-state index in [0.29, 0.717) is 25.9 Å². The lowest BCUT2D eigenvalue weighted by atomic mass is 9.89. The molecule has 1 aliphatic rings. The van der Waals surface area contributed by atoms with Gasteiger partial charge in [-0.2, -0.15) is 0 Å². The van der Waals surface area contributed by atoms with E-state index in [9.17, 15) is 9.59 Å². The third-order valence-electron chi connectivity index (χ3n) is 7.39. The van der Waals surface area contributed by atoms with Gasteiger partial charge in [-0.1, -0.05) is 121 Å². The number of urea groups is 1. The quantitative estimate of drug-likeness (QED) is 0.242. The Labute approximate surface area is 225 Å². The van der Waals surface area contributed by atoms with Crippen molar-refractivity contribution in [2.24, 2.45) is 0 Å².